The van der Waals surface area contributed by atoms with E-state index >= 15 is 4.79 Å². The molecule has 0 spiro atoms. The molecule has 0 bridgehead atoms. The second-order valence-electron chi connectivity index (χ2n) is 26.8. The van der Waals surface area contributed by atoms with Crippen LogP contribution in [0.1, 0.15) is 261 Å². The van der Waals surface area contributed by atoms with E-state index in [1.54, 1.807) is 22.7 Å². The predicted octanol–water partition coefficient (Wildman–Crippen LogP) is 20.1. The largest absolute Gasteiger partial charge is 0.506 e. The zero-order valence-electron chi connectivity index (χ0n) is 52.3. The predicted molar refractivity (Wildman–Crippen MR) is 349 cm³/mol. The molecule has 3 aliphatic carbocycles. The Morgan fingerprint density at radius 1 is 0.551 bits per heavy atom. The second-order valence-corrected chi connectivity index (χ2v) is 31.0. The quantitative estimate of drug-likeness (QED) is 0.0605. The molecule has 434 valence electrons. The molecule has 7 rings (SSSR count). The van der Waals surface area contributed by atoms with Crippen LogP contribution in [-0.2, 0) is 15.6 Å². The molecule has 0 saturated carbocycles. The first-order valence-corrected chi connectivity index (χ1v) is 35.6. The summed E-state index contributed by atoms with van der Waals surface area (Å²) in [6.45, 7) is 42.7. The summed E-state index contributed by atoms with van der Waals surface area (Å²) in [7, 11) is 0. The van der Waals surface area contributed by atoms with Crippen LogP contribution in [0, 0.1) is 47.3 Å². The van der Waals surface area contributed by atoms with Gasteiger partial charge in [0.15, 0.2) is 0 Å². The number of thioether (sulfide) groups is 1. The zero-order chi connectivity index (χ0) is 56.6. The van der Waals surface area contributed by atoms with Gasteiger partial charge < -0.3 is 10.0 Å². The van der Waals surface area contributed by atoms with Crippen molar-refractivity contribution in [1.82, 2.24) is 0 Å². The SMILES string of the molecule is CCCCC(CC)CN(CC(CC)CCCC)c1cc2c(s1)-c1sc(C3=C(O)/C(=c4/cc5c(s4)=C4SC(=[N+](CC(CC)CCCC)CC(CC)CCCC)C=C4C5(CC(C)C)CC(C)C)C3=O)cc1C2(CC(C)C)CC(C)C. The van der Waals surface area contributed by atoms with Gasteiger partial charge in [0, 0.05) is 65.6 Å². The van der Waals surface area contributed by atoms with Crippen molar-refractivity contribution in [2.45, 2.75) is 250 Å². The van der Waals surface area contributed by atoms with E-state index in [1.807, 2.05) is 23.1 Å². The highest BCUT2D eigenvalue weighted by Crippen LogP contribution is 2.63. The van der Waals surface area contributed by atoms with Gasteiger partial charge in [-0.3, -0.25) is 4.79 Å². The number of aliphatic hydroxyl groups excluding tert-OH is 1. The summed E-state index contributed by atoms with van der Waals surface area (Å²) >= 11 is 7.64. The van der Waals surface area contributed by atoms with Crippen molar-refractivity contribution in [3.8, 4) is 9.75 Å². The van der Waals surface area contributed by atoms with Crippen LogP contribution in [0.2, 0.25) is 0 Å². The number of Topliss-reactive ketones (excluding diaryl/α,β-unsaturated/α-hetero) is 1. The van der Waals surface area contributed by atoms with Crippen molar-refractivity contribution in [2.24, 2.45) is 47.3 Å². The van der Waals surface area contributed by atoms with Crippen molar-refractivity contribution >= 4 is 77.7 Å². The number of ketones is 1. The zero-order valence-corrected chi connectivity index (χ0v) is 55.5. The van der Waals surface area contributed by atoms with Crippen molar-refractivity contribution in [1.29, 1.82) is 0 Å². The van der Waals surface area contributed by atoms with E-state index in [4.69, 9.17) is 0 Å². The molecule has 4 heterocycles. The number of nitrogens with zero attached hydrogens (tertiary/aromatic N) is 2. The van der Waals surface area contributed by atoms with Gasteiger partial charge in [-0.05, 0) is 152 Å². The molecule has 0 saturated heterocycles. The Balaban J connectivity index is 1.36. The second kappa shape index (κ2) is 28.3. The lowest BCUT2D eigenvalue weighted by Crippen LogP contribution is -2.34. The maximum Gasteiger partial charge on any atom is 0.239 e. The Bertz CT molecular complexity index is 2660. The van der Waals surface area contributed by atoms with Crippen LogP contribution in [-0.4, -0.2) is 46.7 Å². The van der Waals surface area contributed by atoms with Crippen LogP contribution in [0.5, 0.6) is 0 Å². The lowest BCUT2D eigenvalue weighted by atomic mass is 9.67. The smallest absolute Gasteiger partial charge is 0.239 e. The normalized spacial score (nSPS) is 18.6. The molecule has 3 aromatic rings. The van der Waals surface area contributed by atoms with E-state index in [2.05, 4.69) is 145 Å². The number of aliphatic hydroxyl groups is 1. The number of carbonyl (C=O) groups excluding carboxylic acids is 1. The van der Waals surface area contributed by atoms with Gasteiger partial charge >= 0.3 is 0 Å². The van der Waals surface area contributed by atoms with Crippen molar-refractivity contribution in [3.63, 3.8) is 0 Å². The molecule has 78 heavy (non-hydrogen) atoms. The number of anilines is 1. The molecule has 4 aliphatic rings. The van der Waals surface area contributed by atoms with Crippen molar-refractivity contribution < 1.29 is 14.5 Å². The third kappa shape index (κ3) is 13.5. The molecule has 1 aliphatic heterocycles. The molecular formula is C70H109N2O2S4+. The van der Waals surface area contributed by atoms with E-state index in [9.17, 15) is 5.11 Å². The number of rotatable bonds is 34. The van der Waals surface area contributed by atoms with Crippen LogP contribution < -0.4 is 14.0 Å². The van der Waals surface area contributed by atoms with E-state index in [0.717, 1.165) is 61.3 Å². The summed E-state index contributed by atoms with van der Waals surface area (Å²) in [6, 6.07) is 7.39. The van der Waals surface area contributed by atoms with Gasteiger partial charge in [0.2, 0.25) is 10.8 Å². The summed E-state index contributed by atoms with van der Waals surface area (Å²) in [5.41, 5.74) is 6.67. The highest BCUT2D eigenvalue weighted by Gasteiger charge is 2.51. The van der Waals surface area contributed by atoms with E-state index in [1.165, 1.54) is 154 Å². The fourth-order valence-corrected chi connectivity index (χ4v) is 20.1. The number of fused-ring (bicyclic) bond motifs is 5. The van der Waals surface area contributed by atoms with Crippen LogP contribution in [0.4, 0.5) is 5.00 Å². The monoisotopic (exact) mass is 1140 g/mol. The molecular weight excluding hydrogens is 1030 g/mol. The van der Waals surface area contributed by atoms with Gasteiger partial charge in [0.25, 0.3) is 0 Å². The number of unbranched alkanes of at least 4 members (excludes halogenated alkanes) is 4. The van der Waals surface area contributed by atoms with E-state index in [0.29, 0.717) is 58.5 Å². The third-order valence-corrected chi connectivity index (χ3v) is 23.6. The molecule has 0 aromatic carbocycles. The standard InChI is InChI=1S/C70H108N2O2S4/c1-17-25-29-49(21-5)41-71(42-50(22-6)30-26-18-2)59-35-55-67(77-59)65-53(69(55,37-45(9)10)38-46(11)12)33-57(75-65)61-63(73)62(64(61)74)58-34-54-66(76-58)68-56(70(54,39-47(13)14)40-48(15)16)36-60(78-68)72(43-51(23-7)31-27-19-3)44-52(24-8)32-28-20-4/h33-36,45-52H,17-32,37-44H2,1-16H3/p+1. The van der Waals surface area contributed by atoms with Gasteiger partial charge in [-0.25, -0.2) is 4.58 Å². The van der Waals surface area contributed by atoms with Crippen LogP contribution in [0.15, 0.2) is 35.6 Å². The fourth-order valence-electron chi connectivity index (χ4n) is 14.6. The summed E-state index contributed by atoms with van der Waals surface area (Å²) < 4.78 is 5.12. The summed E-state index contributed by atoms with van der Waals surface area (Å²) in [5.74, 6) is 4.99. The van der Waals surface area contributed by atoms with Gasteiger partial charge in [-0.15, -0.1) is 34.0 Å². The molecule has 4 atom stereocenters. The fraction of sp³-hybridized carbons (Fsp3) is 0.714. The number of hydrogen-bond donors (Lipinski definition) is 1. The van der Waals surface area contributed by atoms with Gasteiger partial charge in [-0.1, -0.05) is 175 Å². The highest BCUT2D eigenvalue weighted by atomic mass is 32.2. The first-order chi connectivity index (χ1) is 37.4. The summed E-state index contributed by atoms with van der Waals surface area (Å²) in [5, 5.41) is 15.4. The average molecular weight is 1140 g/mol. The van der Waals surface area contributed by atoms with Crippen molar-refractivity contribution in [2.75, 3.05) is 31.1 Å². The van der Waals surface area contributed by atoms with Crippen molar-refractivity contribution in [3.05, 3.63) is 66.2 Å². The third-order valence-electron chi connectivity index (χ3n) is 18.5. The Morgan fingerprint density at radius 3 is 1.47 bits per heavy atom. The first kappa shape index (κ1) is 63.2. The van der Waals surface area contributed by atoms with Crippen LogP contribution >= 0.6 is 45.8 Å². The lowest BCUT2D eigenvalue weighted by Gasteiger charge is -2.35. The van der Waals surface area contributed by atoms with E-state index in [-0.39, 0.29) is 22.4 Å². The van der Waals surface area contributed by atoms with Crippen LogP contribution in [0.3, 0.4) is 0 Å². The minimum absolute atomic E-state index is 0.0197. The topological polar surface area (TPSA) is 43.5 Å². The van der Waals surface area contributed by atoms with Crippen LogP contribution in [0.25, 0.3) is 25.8 Å². The molecule has 1 N–H and O–H groups in total. The molecule has 0 radical (unpaired) electrons. The van der Waals surface area contributed by atoms with Gasteiger partial charge in [-0.2, -0.15) is 0 Å². The summed E-state index contributed by atoms with van der Waals surface area (Å²) in [6.07, 6.45) is 27.2. The maximum absolute atomic E-state index is 15.1. The maximum atomic E-state index is 15.1. The minimum atomic E-state index is -0.131. The lowest BCUT2D eigenvalue weighted by molar-refractivity contribution is -0.539. The van der Waals surface area contributed by atoms with Gasteiger partial charge in [0.05, 0.1) is 21.0 Å². The molecule has 0 fully saturated rings. The molecule has 4 unspecified atom stereocenters. The minimum Gasteiger partial charge on any atom is -0.506 e. The summed E-state index contributed by atoms with van der Waals surface area (Å²) in [4.78, 5) is 23.1. The molecule has 8 heteroatoms. The number of allylic oxidation sites excluding steroid dienone is 2. The number of hydrogen-bond acceptors (Lipinski definition) is 7. The Hall–Kier alpha value is -2.39. The highest BCUT2D eigenvalue weighted by molar-refractivity contribution is 8.22. The number of thiophene rings is 3. The average Bonchev–Trinajstić information content (AvgIpc) is 4.39. The van der Waals surface area contributed by atoms with E-state index < -0.39 is 0 Å². The first-order valence-electron chi connectivity index (χ1n) is 32.3. The molecule has 0 amide bonds. The Morgan fingerprint density at radius 2 is 1.01 bits per heavy atom. The molecule has 3 aromatic heterocycles. The Kier molecular flexibility index (Phi) is 22.9. The Labute approximate surface area is 493 Å². The van der Waals surface area contributed by atoms with Gasteiger partial charge in [0.1, 0.15) is 18.8 Å². The molecule has 4 nitrogen and oxygen atoms in total. The number of carbonyl (C=O) groups is 1.